The molecule has 0 radical (unpaired) electrons. The predicted molar refractivity (Wildman–Crippen MR) is 162 cm³/mol. The number of hydrogen-bond acceptors (Lipinski definition) is 9. The monoisotopic (exact) mass is 613 g/mol. The van der Waals surface area contributed by atoms with Gasteiger partial charge in [-0.05, 0) is 88.3 Å². The van der Waals surface area contributed by atoms with Crippen molar-refractivity contribution in [2.24, 2.45) is 0 Å². The molecule has 0 aliphatic carbocycles. The number of hydrogen-bond donors (Lipinski definition) is 1. The van der Waals surface area contributed by atoms with Crippen LogP contribution in [0.15, 0.2) is 52.4 Å². The quantitative estimate of drug-likeness (QED) is 0.347. The Morgan fingerprint density at radius 3 is 2.40 bits per heavy atom. The highest BCUT2D eigenvalue weighted by Crippen LogP contribution is 2.37. The Morgan fingerprint density at radius 1 is 1.14 bits per heavy atom. The van der Waals surface area contributed by atoms with Crippen LogP contribution in [-0.2, 0) is 27.8 Å². The second-order valence-electron chi connectivity index (χ2n) is 12.0. The summed E-state index contributed by atoms with van der Waals surface area (Å²) in [6.45, 7) is 8.27. The van der Waals surface area contributed by atoms with Crippen LogP contribution >= 0.6 is 11.3 Å². The molecule has 42 heavy (non-hydrogen) atoms. The van der Waals surface area contributed by atoms with E-state index in [2.05, 4.69) is 15.3 Å². The maximum Gasteiger partial charge on any atom is 0.410 e. The van der Waals surface area contributed by atoms with Gasteiger partial charge >= 0.3 is 6.09 Å². The molecule has 2 saturated heterocycles. The summed E-state index contributed by atoms with van der Waals surface area (Å²) in [5.74, 6) is 1.05. The van der Waals surface area contributed by atoms with E-state index < -0.39 is 15.6 Å². The van der Waals surface area contributed by atoms with E-state index >= 15 is 0 Å². The number of ether oxygens (including phenoxy) is 2. The number of carbonyl (C=O) groups is 1. The SMILES string of the molecule is COc1ccc(CN(c2cscn2)S(=O)(=O)c2cc(C)c(CNC3CC4CCC(C3)N4C(=O)OC(C)(C)C)cn2)cc1. The summed E-state index contributed by atoms with van der Waals surface area (Å²) >= 11 is 1.34. The molecule has 10 nitrogen and oxygen atoms in total. The number of benzene rings is 1. The zero-order valence-electron chi connectivity index (χ0n) is 24.7. The van der Waals surface area contributed by atoms with Crippen molar-refractivity contribution in [1.29, 1.82) is 0 Å². The highest BCUT2D eigenvalue weighted by Gasteiger charge is 2.44. The third kappa shape index (κ3) is 6.71. The van der Waals surface area contributed by atoms with E-state index in [9.17, 15) is 13.2 Å². The first kappa shape index (κ1) is 30.2. The summed E-state index contributed by atoms with van der Waals surface area (Å²) in [5, 5.41) is 5.33. The molecule has 2 aromatic heterocycles. The van der Waals surface area contributed by atoms with E-state index in [-0.39, 0.29) is 35.8 Å². The fraction of sp³-hybridized carbons (Fsp3) is 0.500. The number of aromatic nitrogens is 2. The van der Waals surface area contributed by atoms with Gasteiger partial charge in [-0.2, -0.15) is 8.42 Å². The fourth-order valence-corrected chi connectivity index (χ4v) is 7.73. The Kier molecular flexibility index (Phi) is 8.77. The minimum atomic E-state index is -3.98. The number of fused-ring (bicyclic) bond motifs is 2. The molecule has 3 aromatic rings. The number of pyridine rings is 1. The van der Waals surface area contributed by atoms with Crippen LogP contribution in [0.2, 0.25) is 0 Å². The van der Waals surface area contributed by atoms with Gasteiger partial charge in [-0.15, -0.1) is 11.3 Å². The van der Waals surface area contributed by atoms with E-state index in [1.807, 2.05) is 44.7 Å². The maximum absolute atomic E-state index is 13.8. The van der Waals surface area contributed by atoms with E-state index in [0.29, 0.717) is 18.1 Å². The minimum absolute atomic E-state index is 0.0195. The first-order chi connectivity index (χ1) is 19.9. The topological polar surface area (TPSA) is 114 Å². The third-order valence-corrected chi connectivity index (χ3v) is 10.0. The molecule has 1 N–H and O–H groups in total. The lowest BCUT2D eigenvalue weighted by molar-refractivity contribution is 0.00465. The van der Waals surface area contributed by atoms with E-state index in [1.165, 1.54) is 15.6 Å². The second-order valence-corrected chi connectivity index (χ2v) is 14.5. The largest absolute Gasteiger partial charge is 0.497 e. The molecule has 0 saturated carbocycles. The van der Waals surface area contributed by atoms with Crippen LogP contribution < -0.4 is 14.4 Å². The normalized spacial score (nSPS) is 20.4. The molecule has 2 unspecified atom stereocenters. The molecule has 12 heteroatoms. The molecule has 2 aliphatic heterocycles. The molecule has 2 aliphatic rings. The maximum atomic E-state index is 13.8. The van der Waals surface area contributed by atoms with Crippen molar-refractivity contribution >= 4 is 33.3 Å². The summed E-state index contributed by atoms with van der Waals surface area (Å²) in [4.78, 5) is 23.4. The van der Waals surface area contributed by atoms with Crippen molar-refractivity contribution in [3.8, 4) is 5.75 Å². The van der Waals surface area contributed by atoms with Crippen molar-refractivity contribution in [2.75, 3.05) is 11.4 Å². The van der Waals surface area contributed by atoms with Gasteiger partial charge in [0.15, 0.2) is 10.8 Å². The van der Waals surface area contributed by atoms with E-state index in [4.69, 9.17) is 9.47 Å². The van der Waals surface area contributed by atoms with Gasteiger partial charge in [0.1, 0.15) is 11.4 Å². The van der Waals surface area contributed by atoms with E-state index in [0.717, 1.165) is 42.4 Å². The number of piperidine rings is 1. The lowest BCUT2D eigenvalue weighted by Crippen LogP contribution is -2.52. The lowest BCUT2D eigenvalue weighted by Gasteiger charge is -2.39. The van der Waals surface area contributed by atoms with Gasteiger partial charge in [0.2, 0.25) is 0 Å². The average Bonchev–Trinajstić information content (AvgIpc) is 3.56. The number of nitrogens with one attached hydrogen (secondary N) is 1. The first-order valence-electron chi connectivity index (χ1n) is 14.2. The highest BCUT2D eigenvalue weighted by molar-refractivity contribution is 7.92. The number of anilines is 1. The number of carbonyl (C=O) groups excluding carboxylic acids is 1. The van der Waals surface area contributed by atoms with Gasteiger partial charge in [-0.25, -0.2) is 19.1 Å². The smallest absolute Gasteiger partial charge is 0.410 e. The lowest BCUT2D eigenvalue weighted by atomic mass is 9.97. The van der Waals surface area contributed by atoms with Crippen LogP contribution in [-0.4, -0.2) is 60.2 Å². The van der Waals surface area contributed by atoms with Crippen LogP contribution in [0.3, 0.4) is 0 Å². The summed E-state index contributed by atoms with van der Waals surface area (Å²) in [6.07, 6.45) is 5.13. The molecule has 226 valence electrons. The van der Waals surface area contributed by atoms with Crippen molar-refractivity contribution in [3.63, 3.8) is 0 Å². The molecule has 2 bridgehead atoms. The Balaban J connectivity index is 1.26. The molecule has 4 heterocycles. The summed E-state index contributed by atoms with van der Waals surface area (Å²) in [7, 11) is -2.39. The molecule has 0 spiro atoms. The van der Waals surface area contributed by atoms with Gasteiger partial charge in [0.05, 0.1) is 19.2 Å². The second kappa shape index (κ2) is 12.2. The van der Waals surface area contributed by atoms with Crippen molar-refractivity contribution in [2.45, 2.75) is 95.2 Å². The van der Waals surface area contributed by atoms with Crippen LogP contribution in [0.25, 0.3) is 0 Å². The first-order valence-corrected chi connectivity index (χ1v) is 16.6. The third-order valence-electron chi connectivity index (χ3n) is 7.83. The fourth-order valence-electron chi connectivity index (χ4n) is 5.72. The Labute approximate surface area is 252 Å². The Morgan fingerprint density at radius 2 is 1.83 bits per heavy atom. The summed E-state index contributed by atoms with van der Waals surface area (Å²) in [5.41, 5.74) is 3.68. The number of aryl methyl sites for hydroxylation is 1. The van der Waals surface area contributed by atoms with Gasteiger partial charge in [-0.1, -0.05) is 12.1 Å². The van der Waals surface area contributed by atoms with Gasteiger partial charge in [-0.3, -0.25) is 0 Å². The van der Waals surface area contributed by atoms with Crippen molar-refractivity contribution in [1.82, 2.24) is 20.2 Å². The molecule has 2 atom stereocenters. The summed E-state index contributed by atoms with van der Waals surface area (Å²) < 4.78 is 39.8. The molecular formula is C30H39N5O5S2. The predicted octanol–water partition coefficient (Wildman–Crippen LogP) is 5.27. The number of rotatable bonds is 9. The molecule has 1 aromatic carbocycles. The van der Waals surface area contributed by atoms with Gasteiger partial charge in [0, 0.05) is 36.2 Å². The standard InChI is InChI=1S/C30H39N5O5S2/c1-20-12-28(42(37,38)34(27-18-41-19-33-27)17-21-6-10-26(39-5)11-7-21)32-16-22(20)15-31-23-13-24-8-9-25(14-23)35(24)29(36)40-30(2,3)4/h6-7,10-12,16,18-19,23-25,31H,8-9,13-15,17H2,1-5H3. The molecule has 2 fully saturated rings. The number of sulfonamides is 1. The van der Waals surface area contributed by atoms with Crippen LogP contribution in [0.5, 0.6) is 5.75 Å². The zero-order chi connectivity index (χ0) is 30.1. The van der Waals surface area contributed by atoms with E-state index in [1.54, 1.807) is 42.4 Å². The highest BCUT2D eigenvalue weighted by atomic mass is 32.2. The molecule has 1 amide bonds. The average molecular weight is 614 g/mol. The summed E-state index contributed by atoms with van der Waals surface area (Å²) in [6, 6.07) is 9.52. The van der Waals surface area contributed by atoms with Crippen molar-refractivity contribution in [3.05, 3.63) is 64.1 Å². The number of nitrogens with zero attached hydrogens (tertiary/aromatic N) is 4. The van der Waals surface area contributed by atoms with Gasteiger partial charge < -0.3 is 19.7 Å². The minimum Gasteiger partial charge on any atom is -0.497 e. The van der Waals surface area contributed by atoms with Crippen LogP contribution in [0.4, 0.5) is 10.6 Å². The Hall–Kier alpha value is -3.22. The van der Waals surface area contributed by atoms with Crippen LogP contribution in [0, 0.1) is 6.92 Å². The number of methoxy groups -OCH3 is 1. The Bertz CT molecular complexity index is 1480. The number of amides is 1. The van der Waals surface area contributed by atoms with Crippen LogP contribution in [0.1, 0.15) is 63.1 Å². The number of thiazole rings is 1. The zero-order valence-corrected chi connectivity index (χ0v) is 26.4. The van der Waals surface area contributed by atoms with Crippen molar-refractivity contribution < 1.29 is 22.7 Å². The van der Waals surface area contributed by atoms with Gasteiger partial charge in [0.25, 0.3) is 10.0 Å². The molecule has 5 rings (SSSR count). The molecular weight excluding hydrogens is 574 g/mol.